The highest BCUT2D eigenvalue weighted by molar-refractivity contribution is 6.02. The van der Waals surface area contributed by atoms with Gasteiger partial charge in [0.15, 0.2) is 0 Å². The molecule has 21 heavy (non-hydrogen) atoms. The smallest absolute Gasteiger partial charge is 0.259 e. The lowest BCUT2D eigenvalue weighted by molar-refractivity contribution is 0.0784. The van der Waals surface area contributed by atoms with E-state index in [0.29, 0.717) is 23.1 Å². The van der Waals surface area contributed by atoms with Crippen LogP contribution >= 0.6 is 0 Å². The molecule has 108 valence electrons. The van der Waals surface area contributed by atoms with Gasteiger partial charge in [0.1, 0.15) is 11.3 Å². The predicted molar refractivity (Wildman–Crippen MR) is 80.4 cm³/mol. The Morgan fingerprint density at radius 3 is 2.62 bits per heavy atom. The number of nitrogens with zero attached hydrogens (tertiary/aromatic N) is 2. The number of benzene rings is 1. The molecule has 1 aliphatic carbocycles. The average Bonchev–Trinajstić information content (AvgIpc) is 2.80. The summed E-state index contributed by atoms with van der Waals surface area (Å²) >= 11 is 0. The van der Waals surface area contributed by atoms with Crippen LogP contribution in [0.3, 0.4) is 0 Å². The first-order valence-electron chi connectivity index (χ1n) is 7.49. The Morgan fingerprint density at radius 1 is 1.24 bits per heavy atom. The minimum Gasteiger partial charge on any atom is -0.495 e. The van der Waals surface area contributed by atoms with Crippen LogP contribution in [0.15, 0.2) is 30.5 Å². The van der Waals surface area contributed by atoms with E-state index in [9.17, 15) is 4.79 Å². The molecule has 0 spiro atoms. The summed E-state index contributed by atoms with van der Waals surface area (Å²) in [6.45, 7) is 1.78. The van der Waals surface area contributed by atoms with Crippen LogP contribution in [0.5, 0.6) is 5.75 Å². The molecule has 2 fully saturated rings. The summed E-state index contributed by atoms with van der Waals surface area (Å²) in [4.78, 5) is 19.2. The van der Waals surface area contributed by atoms with E-state index in [4.69, 9.17) is 4.74 Å². The summed E-state index contributed by atoms with van der Waals surface area (Å²) in [5.41, 5.74) is 1.44. The molecule has 2 aliphatic rings. The van der Waals surface area contributed by atoms with Gasteiger partial charge in [-0.3, -0.25) is 9.78 Å². The Labute approximate surface area is 123 Å². The first-order valence-corrected chi connectivity index (χ1v) is 7.49. The van der Waals surface area contributed by atoms with Gasteiger partial charge >= 0.3 is 0 Å². The third-order valence-corrected chi connectivity index (χ3v) is 4.93. The van der Waals surface area contributed by atoms with Gasteiger partial charge in [-0.05, 0) is 36.8 Å². The van der Waals surface area contributed by atoms with Gasteiger partial charge in [-0.2, -0.15) is 0 Å². The van der Waals surface area contributed by atoms with Crippen molar-refractivity contribution in [2.75, 3.05) is 20.2 Å². The van der Waals surface area contributed by atoms with Crippen molar-refractivity contribution in [2.24, 2.45) is 11.8 Å². The van der Waals surface area contributed by atoms with Crippen LogP contribution < -0.4 is 4.74 Å². The zero-order chi connectivity index (χ0) is 14.4. The Balaban J connectivity index is 1.73. The fourth-order valence-corrected chi connectivity index (χ4v) is 3.58. The molecule has 0 unspecified atom stereocenters. The monoisotopic (exact) mass is 282 g/mol. The Bertz CT molecular complexity index is 701. The molecule has 1 saturated carbocycles. The van der Waals surface area contributed by atoms with Gasteiger partial charge in [0.05, 0.1) is 12.6 Å². The van der Waals surface area contributed by atoms with Crippen LogP contribution in [0.2, 0.25) is 0 Å². The lowest BCUT2D eigenvalue weighted by atomic mass is 9.77. The molecule has 2 heterocycles. The molecule has 1 amide bonds. The van der Waals surface area contributed by atoms with Crippen LogP contribution in [-0.2, 0) is 0 Å². The molecule has 4 rings (SSSR count). The maximum Gasteiger partial charge on any atom is 0.259 e. The molecule has 0 radical (unpaired) electrons. The maximum absolute atomic E-state index is 12.8. The third-order valence-electron chi connectivity index (χ3n) is 4.93. The van der Waals surface area contributed by atoms with Crippen LogP contribution in [-0.4, -0.2) is 36.0 Å². The van der Waals surface area contributed by atoms with Crippen molar-refractivity contribution in [2.45, 2.75) is 12.8 Å². The Kier molecular flexibility index (Phi) is 2.84. The first kappa shape index (κ1) is 12.6. The van der Waals surface area contributed by atoms with E-state index in [1.54, 1.807) is 13.3 Å². The van der Waals surface area contributed by atoms with Crippen LogP contribution in [0.1, 0.15) is 23.2 Å². The molecule has 1 aliphatic heterocycles. The second-order valence-electron chi connectivity index (χ2n) is 6.03. The normalized spacial score (nSPS) is 23.8. The third kappa shape index (κ3) is 1.89. The number of amides is 1. The number of carbonyl (C=O) groups excluding carboxylic acids is 1. The molecule has 2 atom stereocenters. The van der Waals surface area contributed by atoms with Crippen molar-refractivity contribution in [3.8, 4) is 5.75 Å². The number of pyridine rings is 1. The molecule has 1 aromatic heterocycles. The van der Waals surface area contributed by atoms with Crippen LogP contribution in [0.4, 0.5) is 0 Å². The zero-order valence-corrected chi connectivity index (χ0v) is 12.1. The van der Waals surface area contributed by atoms with Crippen LogP contribution in [0, 0.1) is 11.8 Å². The lowest BCUT2D eigenvalue weighted by Gasteiger charge is -2.27. The number of likely N-dealkylation sites (tertiary alicyclic amines) is 1. The number of hydrogen-bond donors (Lipinski definition) is 0. The second-order valence-corrected chi connectivity index (χ2v) is 6.03. The van der Waals surface area contributed by atoms with Crippen molar-refractivity contribution in [3.05, 3.63) is 36.0 Å². The van der Waals surface area contributed by atoms with Gasteiger partial charge < -0.3 is 9.64 Å². The highest BCUT2D eigenvalue weighted by atomic mass is 16.5. The molecular formula is C17H18N2O2. The lowest BCUT2D eigenvalue weighted by Crippen LogP contribution is -2.29. The summed E-state index contributed by atoms with van der Waals surface area (Å²) in [6.07, 6.45) is 4.19. The van der Waals surface area contributed by atoms with Crippen molar-refractivity contribution < 1.29 is 9.53 Å². The zero-order valence-electron chi connectivity index (χ0n) is 12.1. The SMILES string of the molecule is COc1c(C(=O)N2C[C@H]3CC[C@H]3C2)cnc2ccccc12. The van der Waals surface area contributed by atoms with Gasteiger partial charge in [-0.25, -0.2) is 0 Å². The number of para-hydroxylation sites is 1. The Hall–Kier alpha value is -2.10. The van der Waals surface area contributed by atoms with Gasteiger partial charge in [0.25, 0.3) is 5.91 Å². The van der Waals surface area contributed by atoms with Gasteiger partial charge in [-0.1, -0.05) is 12.1 Å². The molecular weight excluding hydrogens is 264 g/mol. The summed E-state index contributed by atoms with van der Waals surface area (Å²) in [5, 5.41) is 0.896. The average molecular weight is 282 g/mol. The number of aromatic nitrogens is 1. The second kappa shape index (κ2) is 4.72. The van der Waals surface area contributed by atoms with E-state index in [0.717, 1.165) is 24.0 Å². The number of rotatable bonds is 2. The van der Waals surface area contributed by atoms with E-state index in [2.05, 4.69) is 4.98 Å². The molecule has 1 aromatic carbocycles. The number of fused-ring (bicyclic) bond motifs is 2. The summed E-state index contributed by atoms with van der Waals surface area (Å²) in [7, 11) is 1.62. The quantitative estimate of drug-likeness (QED) is 0.850. The highest BCUT2D eigenvalue weighted by Crippen LogP contribution is 2.41. The molecule has 0 N–H and O–H groups in total. The van der Waals surface area contributed by atoms with Gasteiger partial charge in [0, 0.05) is 24.7 Å². The highest BCUT2D eigenvalue weighted by Gasteiger charge is 2.41. The fraction of sp³-hybridized carbons (Fsp3) is 0.412. The number of hydrogen-bond acceptors (Lipinski definition) is 3. The number of carbonyl (C=O) groups is 1. The van der Waals surface area contributed by atoms with Crippen molar-refractivity contribution in [1.82, 2.24) is 9.88 Å². The molecule has 1 saturated heterocycles. The summed E-state index contributed by atoms with van der Waals surface area (Å²) < 4.78 is 5.52. The van der Waals surface area contributed by atoms with E-state index < -0.39 is 0 Å². The van der Waals surface area contributed by atoms with Gasteiger partial charge in [-0.15, -0.1) is 0 Å². The minimum absolute atomic E-state index is 0.0551. The van der Waals surface area contributed by atoms with Crippen molar-refractivity contribution in [3.63, 3.8) is 0 Å². The molecule has 0 bridgehead atoms. The van der Waals surface area contributed by atoms with Crippen molar-refractivity contribution in [1.29, 1.82) is 0 Å². The summed E-state index contributed by atoms with van der Waals surface area (Å²) in [6, 6.07) is 7.76. The minimum atomic E-state index is 0.0551. The van der Waals surface area contributed by atoms with Crippen LogP contribution in [0.25, 0.3) is 10.9 Å². The van der Waals surface area contributed by atoms with E-state index >= 15 is 0 Å². The molecule has 2 aromatic rings. The number of ether oxygens (including phenoxy) is 1. The molecule has 4 nitrogen and oxygen atoms in total. The first-order chi connectivity index (χ1) is 10.3. The predicted octanol–water partition coefficient (Wildman–Crippen LogP) is 2.73. The van der Waals surface area contributed by atoms with E-state index in [1.165, 1.54) is 12.8 Å². The molecule has 4 heteroatoms. The Morgan fingerprint density at radius 2 is 1.95 bits per heavy atom. The number of methoxy groups -OCH3 is 1. The maximum atomic E-state index is 12.8. The van der Waals surface area contributed by atoms with Gasteiger partial charge in [0.2, 0.25) is 0 Å². The van der Waals surface area contributed by atoms with Crippen molar-refractivity contribution >= 4 is 16.8 Å². The topological polar surface area (TPSA) is 42.4 Å². The van der Waals surface area contributed by atoms with E-state index in [-0.39, 0.29) is 5.91 Å². The standard InChI is InChI=1S/C17H18N2O2/c1-21-16-13-4-2-3-5-15(13)18-8-14(16)17(20)19-9-11-6-7-12(11)10-19/h2-5,8,11-12H,6-7,9-10H2,1H3/t11-,12+. The fourth-order valence-electron chi connectivity index (χ4n) is 3.58. The summed E-state index contributed by atoms with van der Waals surface area (Å²) in [5.74, 6) is 2.13. The largest absolute Gasteiger partial charge is 0.495 e. The van der Waals surface area contributed by atoms with E-state index in [1.807, 2.05) is 29.2 Å².